The van der Waals surface area contributed by atoms with Gasteiger partial charge in [0.05, 0.1) is 4.92 Å². The smallest absolute Gasteiger partial charge is 0.235 e. The van der Waals surface area contributed by atoms with Crippen molar-refractivity contribution in [2.45, 2.75) is 13.2 Å². The monoisotopic (exact) mass is 361 g/mol. The van der Waals surface area contributed by atoms with Gasteiger partial charge in [-0.25, -0.2) is 0 Å². The molecule has 5 nitrogen and oxygen atoms in total. The molecule has 0 saturated carbocycles. The molecule has 3 aromatic rings. The zero-order valence-electron chi connectivity index (χ0n) is 14.7. The highest BCUT2D eigenvalue weighted by molar-refractivity contribution is 5.54. The van der Waals surface area contributed by atoms with E-state index in [2.05, 4.69) is 0 Å². The zero-order valence-corrected chi connectivity index (χ0v) is 14.7. The van der Waals surface area contributed by atoms with Crippen LogP contribution in [-0.4, -0.2) is 4.92 Å². The van der Waals surface area contributed by atoms with Gasteiger partial charge in [0, 0.05) is 12.1 Å². The molecule has 0 heterocycles. The van der Waals surface area contributed by atoms with Crippen molar-refractivity contribution in [2.24, 2.45) is 0 Å². The number of nitro groups is 1. The van der Waals surface area contributed by atoms with E-state index in [9.17, 15) is 10.1 Å². The predicted molar refractivity (Wildman–Crippen MR) is 104 cm³/mol. The highest BCUT2D eigenvalue weighted by Gasteiger charge is 2.04. The van der Waals surface area contributed by atoms with Gasteiger partial charge in [0.25, 0.3) is 0 Å². The summed E-state index contributed by atoms with van der Waals surface area (Å²) in [5.74, 6) is 1.18. The summed E-state index contributed by atoms with van der Waals surface area (Å²) in [6.45, 7) is 0.808. The van der Waals surface area contributed by atoms with Crippen LogP contribution < -0.4 is 9.47 Å². The minimum atomic E-state index is -0.498. The molecular formula is C22H19NO4. The van der Waals surface area contributed by atoms with Crippen LogP contribution in [0.1, 0.15) is 16.7 Å². The molecule has 3 aromatic carbocycles. The van der Waals surface area contributed by atoms with E-state index in [1.165, 1.54) is 6.08 Å². The lowest BCUT2D eigenvalue weighted by atomic mass is 10.2. The van der Waals surface area contributed by atoms with E-state index in [0.29, 0.717) is 30.3 Å². The van der Waals surface area contributed by atoms with Gasteiger partial charge in [-0.1, -0.05) is 60.7 Å². The predicted octanol–water partition coefficient (Wildman–Crippen LogP) is 5.09. The molecule has 136 valence electrons. The molecule has 0 radical (unpaired) electrons. The standard InChI is InChI=1S/C22H19NO4/c24-23(25)12-11-20-13-21(26-16-18-7-3-1-4-8-18)15-22(14-20)27-17-19-9-5-2-6-10-19/h1-15H,16-17H2/b12-11+. The van der Waals surface area contributed by atoms with E-state index in [1.807, 2.05) is 60.7 Å². The van der Waals surface area contributed by atoms with E-state index in [4.69, 9.17) is 9.47 Å². The van der Waals surface area contributed by atoms with Crippen molar-refractivity contribution in [1.82, 2.24) is 0 Å². The maximum Gasteiger partial charge on any atom is 0.235 e. The van der Waals surface area contributed by atoms with Crippen molar-refractivity contribution in [3.05, 3.63) is 112 Å². The lowest BCUT2D eigenvalue weighted by Gasteiger charge is -2.11. The molecule has 0 aromatic heterocycles. The van der Waals surface area contributed by atoms with Crippen molar-refractivity contribution in [3.63, 3.8) is 0 Å². The lowest BCUT2D eigenvalue weighted by Crippen LogP contribution is -1.98. The molecule has 0 N–H and O–H groups in total. The van der Waals surface area contributed by atoms with Crippen molar-refractivity contribution in [3.8, 4) is 11.5 Å². The minimum Gasteiger partial charge on any atom is -0.489 e. The molecule has 0 spiro atoms. The summed E-state index contributed by atoms with van der Waals surface area (Å²) in [6, 6.07) is 24.9. The quantitative estimate of drug-likeness (QED) is 0.414. The second kappa shape index (κ2) is 9.20. The highest BCUT2D eigenvalue weighted by Crippen LogP contribution is 2.25. The van der Waals surface area contributed by atoms with Crippen molar-refractivity contribution < 1.29 is 14.4 Å². The maximum atomic E-state index is 10.6. The van der Waals surface area contributed by atoms with Gasteiger partial charge >= 0.3 is 0 Å². The number of hydrogen-bond donors (Lipinski definition) is 0. The first-order valence-electron chi connectivity index (χ1n) is 8.49. The fourth-order valence-corrected chi connectivity index (χ4v) is 2.49. The van der Waals surface area contributed by atoms with E-state index < -0.39 is 4.92 Å². The molecule has 0 aliphatic carbocycles. The largest absolute Gasteiger partial charge is 0.489 e. The van der Waals surface area contributed by atoms with Crippen LogP contribution in [0.4, 0.5) is 0 Å². The van der Waals surface area contributed by atoms with Crippen LogP contribution in [0.15, 0.2) is 85.1 Å². The Morgan fingerprint density at radius 2 is 1.26 bits per heavy atom. The Hall–Kier alpha value is -3.60. The third kappa shape index (κ3) is 6.01. The second-order valence-electron chi connectivity index (χ2n) is 5.89. The third-order valence-electron chi connectivity index (χ3n) is 3.79. The summed E-state index contributed by atoms with van der Waals surface area (Å²) < 4.78 is 11.7. The lowest BCUT2D eigenvalue weighted by molar-refractivity contribution is -0.400. The Labute approximate surface area is 157 Å². The molecule has 0 amide bonds. The Balaban J connectivity index is 1.76. The molecule has 3 rings (SSSR count). The van der Waals surface area contributed by atoms with Crippen LogP contribution in [-0.2, 0) is 13.2 Å². The van der Waals surface area contributed by atoms with E-state index in [0.717, 1.165) is 17.3 Å². The number of rotatable bonds is 8. The molecule has 0 atom stereocenters. The summed E-state index contributed by atoms with van der Waals surface area (Å²) >= 11 is 0. The number of hydrogen-bond acceptors (Lipinski definition) is 4. The maximum absolute atomic E-state index is 10.6. The van der Waals surface area contributed by atoms with Gasteiger partial charge in [-0.15, -0.1) is 0 Å². The van der Waals surface area contributed by atoms with Gasteiger partial charge < -0.3 is 9.47 Å². The number of ether oxygens (including phenoxy) is 2. The molecule has 0 saturated heterocycles. The van der Waals surface area contributed by atoms with Crippen molar-refractivity contribution in [2.75, 3.05) is 0 Å². The summed E-state index contributed by atoms with van der Waals surface area (Å²) in [5, 5.41) is 10.6. The van der Waals surface area contributed by atoms with Crippen LogP contribution >= 0.6 is 0 Å². The molecule has 0 unspecified atom stereocenters. The normalized spacial score (nSPS) is 10.7. The van der Waals surface area contributed by atoms with Crippen molar-refractivity contribution >= 4 is 6.08 Å². The number of benzene rings is 3. The summed E-state index contributed by atoms with van der Waals surface area (Å²) in [6.07, 6.45) is 2.32. The summed E-state index contributed by atoms with van der Waals surface area (Å²) in [5.41, 5.74) is 2.71. The van der Waals surface area contributed by atoms with E-state index >= 15 is 0 Å². The first-order valence-corrected chi connectivity index (χ1v) is 8.49. The zero-order chi connectivity index (χ0) is 18.9. The molecule has 0 bridgehead atoms. The van der Waals surface area contributed by atoms with Gasteiger partial charge in [-0.05, 0) is 28.8 Å². The SMILES string of the molecule is O=[N+]([O-])/C=C/c1cc(OCc2ccccc2)cc(OCc2ccccc2)c1. The molecule has 5 heteroatoms. The highest BCUT2D eigenvalue weighted by atomic mass is 16.6. The fraction of sp³-hybridized carbons (Fsp3) is 0.0909. The molecule has 0 aliphatic heterocycles. The minimum absolute atomic E-state index is 0.404. The van der Waals surface area contributed by atoms with E-state index in [1.54, 1.807) is 18.2 Å². The Kier molecular flexibility index (Phi) is 6.20. The van der Waals surface area contributed by atoms with Crippen LogP contribution in [0.3, 0.4) is 0 Å². The van der Waals surface area contributed by atoms with E-state index in [-0.39, 0.29) is 0 Å². The Morgan fingerprint density at radius 3 is 1.70 bits per heavy atom. The average molecular weight is 361 g/mol. The van der Waals surface area contributed by atoms with Crippen LogP contribution in [0, 0.1) is 10.1 Å². The van der Waals surface area contributed by atoms with Gasteiger partial charge in [-0.3, -0.25) is 10.1 Å². The summed E-state index contributed by atoms with van der Waals surface area (Å²) in [4.78, 5) is 10.1. The molecular weight excluding hydrogens is 342 g/mol. The molecule has 27 heavy (non-hydrogen) atoms. The topological polar surface area (TPSA) is 61.6 Å². The first-order chi connectivity index (χ1) is 13.2. The van der Waals surface area contributed by atoms with Crippen LogP contribution in [0.25, 0.3) is 6.08 Å². The first kappa shape index (κ1) is 18.2. The second-order valence-corrected chi connectivity index (χ2v) is 5.89. The number of nitrogens with zero attached hydrogens (tertiary/aromatic N) is 1. The van der Waals surface area contributed by atoms with Gasteiger partial charge in [-0.2, -0.15) is 0 Å². The van der Waals surface area contributed by atoms with Gasteiger partial charge in [0.1, 0.15) is 24.7 Å². The Bertz CT molecular complexity index is 846. The molecule has 0 aliphatic rings. The average Bonchev–Trinajstić information content (AvgIpc) is 2.71. The van der Waals surface area contributed by atoms with Crippen LogP contribution in [0.2, 0.25) is 0 Å². The van der Waals surface area contributed by atoms with Crippen molar-refractivity contribution in [1.29, 1.82) is 0 Å². The fourth-order valence-electron chi connectivity index (χ4n) is 2.49. The third-order valence-corrected chi connectivity index (χ3v) is 3.79. The van der Waals surface area contributed by atoms with Gasteiger partial charge in [0.15, 0.2) is 0 Å². The van der Waals surface area contributed by atoms with Gasteiger partial charge in [0.2, 0.25) is 6.20 Å². The molecule has 0 fully saturated rings. The summed E-state index contributed by atoms with van der Waals surface area (Å²) in [7, 11) is 0. The Morgan fingerprint density at radius 1 is 0.778 bits per heavy atom. The van der Waals surface area contributed by atoms with Crippen LogP contribution in [0.5, 0.6) is 11.5 Å².